The van der Waals surface area contributed by atoms with Crippen LogP contribution >= 0.6 is 0 Å². The minimum Gasteiger partial charge on any atom is -0.300 e. The lowest BCUT2D eigenvalue weighted by Gasteiger charge is -2.44. The average Bonchev–Trinajstić information content (AvgIpc) is 2.46. The van der Waals surface area contributed by atoms with Crippen molar-refractivity contribution < 1.29 is 0 Å². The minimum absolute atomic E-state index is 0.245. The fourth-order valence-electron chi connectivity index (χ4n) is 3.56. The molecule has 1 heteroatoms. The molecule has 1 aromatic carbocycles. The van der Waals surface area contributed by atoms with Gasteiger partial charge in [-0.15, -0.1) is 0 Å². The van der Waals surface area contributed by atoms with Gasteiger partial charge in [0.2, 0.25) is 0 Å². The summed E-state index contributed by atoms with van der Waals surface area (Å²) in [6.45, 7) is 9.76. The van der Waals surface area contributed by atoms with Gasteiger partial charge < -0.3 is 0 Å². The molecule has 0 saturated carbocycles. The van der Waals surface area contributed by atoms with Gasteiger partial charge in [0.1, 0.15) is 0 Å². The molecule has 1 fully saturated rings. The zero-order valence-electron chi connectivity index (χ0n) is 12.9. The molecule has 0 radical (unpaired) electrons. The zero-order chi connectivity index (χ0) is 13.7. The van der Waals surface area contributed by atoms with Crippen molar-refractivity contribution >= 4 is 0 Å². The molecular weight excluding hydrogens is 230 g/mol. The van der Waals surface area contributed by atoms with Crippen LogP contribution in [0, 0.1) is 0 Å². The molecular formula is C18H29N. The fourth-order valence-corrected chi connectivity index (χ4v) is 3.56. The Labute approximate surface area is 119 Å². The molecule has 19 heavy (non-hydrogen) atoms. The van der Waals surface area contributed by atoms with Crippen molar-refractivity contribution in [1.29, 1.82) is 0 Å². The Balaban J connectivity index is 2.21. The van der Waals surface area contributed by atoms with Crippen LogP contribution in [0.5, 0.6) is 0 Å². The van der Waals surface area contributed by atoms with Crippen molar-refractivity contribution in [3.63, 3.8) is 0 Å². The van der Waals surface area contributed by atoms with Crippen molar-refractivity contribution in [2.24, 2.45) is 0 Å². The predicted octanol–water partition coefficient (Wildman–Crippen LogP) is 4.62. The van der Waals surface area contributed by atoms with E-state index in [2.05, 4.69) is 56.0 Å². The van der Waals surface area contributed by atoms with E-state index in [1.807, 2.05) is 0 Å². The standard InChI is InChI=1S/C18H29N/c1-4-11-17(19-14-9-6-10-15-19)18(2,3)16-12-7-5-8-13-16/h5,7-8,12-13,17H,4,6,9-11,14-15H2,1-3H3. The first kappa shape index (κ1) is 14.6. The smallest absolute Gasteiger partial charge is 0.0187 e. The molecule has 2 rings (SSSR count). The van der Waals surface area contributed by atoms with Gasteiger partial charge in [-0.05, 0) is 37.9 Å². The maximum absolute atomic E-state index is 2.75. The van der Waals surface area contributed by atoms with E-state index >= 15 is 0 Å². The lowest BCUT2D eigenvalue weighted by Crippen LogP contribution is -2.49. The van der Waals surface area contributed by atoms with E-state index in [1.165, 1.54) is 50.8 Å². The number of benzene rings is 1. The summed E-state index contributed by atoms with van der Waals surface area (Å²) in [6, 6.07) is 11.8. The van der Waals surface area contributed by atoms with Crippen molar-refractivity contribution in [1.82, 2.24) is 4.90 Å². The molecule has 106 valence electrons. The van der Waals surface area contributed by atoms with Crippen molar-refractivity contribution in [3.8, 4) is 0 Å². The summed E-state index contributed by atoms with van der Waals surface area (Å²) in [5.74, 6) is 0. The van der Waals surface area contributed by atoms with Crippen LogP contribution in [0.25, 0.3) is 0 Å². The molecule has 0 amide bonds. The molecule has 0 spiro atoms. The number of hydrogen-bond donors (Lipinski definition) is 0. The predicted molar refractivity (Wildman–Crippen MR) is 83.6 cm³/mol. The minimum atomic E-state index is 0.245. The summed E-state index contributed by atoms with van der Waals surface area (Å²) in [5, 5.41) is 0. The SMILES string of the molecule is CCCC(N1CCCCC1)C(C)(C)c1ccccc1. The highest BCUT2D eigenvalue weighted by atomic mass is 15.2. The summed E-state index contributed by atoms with van der Waals surface area (Å²) >= 11 is 0. The largest absolute Gasteiger partial charge is 0.300 e. The van der Waals surface area contributed by atoms with Gasteiger partial charge >= 0.3 is 0 Å². The third-order valence-corrected chi connectivity index (χ3v) is 4.74. The number of hydrogen-bond acceptors (Lipinski definition) is 1. The molecule has 1 atom stereocenters. The van der Waals surface area contributed by atoms with Crippen LogP contribution in [0.2, 0.25) is 0 Å². The molecule has 1 nitrogen and oxygen atoms in total. The Morgan fingerprint density at radius 2 is 1.68 bits per heavy atom. The summed E-state index contributed by atoms with van der Waals surface area (Å²) in [6.07, 6.45) is 6.76. The molecule has 1 aliphatic heterocycles. The molecule has 0 aliphatic carbocycles. The zero-order valence-corrected chi connectivity index (χ0v) is 12.9. The van der Waals surface area contributed by atoms with Gasteiger partial charge in [0.25, 0.3) is 0 Å². The second-order valence-corrected chi connectivity index (χ2v) is 6.49. The van der Waals surface area contributed by atoms with Crippen LogP contribution in [-0.2, 0) is 5.41 Å². The van der Waals surface area contributed by atoms with E-state index in [1.54, 1.807) is 0 Å². The van der Waals surface area contributed by atoms with Gasteiger partial charge in [-0.1, -0.05) is 63.9 Å². The van der Waals surface area contributed by atoms with E-state index in [4.69, 9.17) is 0 Å². The van der Waals surface area contributed by atoms with E-state index in [0.29, 0.717) is 6.04 Å². The van der Waals surface area contributed by atoms with E-state index in [9.17, 15) is 0 Å². The highest BCUT2D eigenvalue weighted by Crippen LogP contribution is 2.34. The first-order valence-electron chi connectivity index (χ1n) is 7.96. The first-order chi connectivity index (χ1) is 9.16. The number of rotatable bonds is 5. The third-order valence-electron chi connectivity index (χ3n) is 4.74. The summed E-state index contributed by atoms with van der Waals surface area (Å²) in [7, 11) is 0. The third kappa shape index (κ3) is 3.39. The maximum Gasteiger partial charge on any atom is 0.0187 e. The lowest BCUT2D eigenvalue weighted by atomic mass is 9.75. The Bertz CT molecular complexity index is 363. The van der Waals surface area contributed by atoms with Gasteiger partial charge in [-0.2, -0.15) is 0 Å². The number of piperidine rings is 1. The fraction of sp³-hybridized carbons (Fsp3) is 0.667. The Kier molecular flexibility index (Phi) is 5.04. The Hall–Kier alpha value is -0.820. The molecule has 1 heterocycles. The van der Waals surface area contributed by atoms with Gasteiger partial charge in [-0.25, -0.2) is 0 Å². The highest BCUT2D eigenvalue weighted by Gasteiger charge is 2.35. The number of nitrogens with zero attached hydrogens (tertiary/aromatic N) is 1. The van der Waals surface area contributed by atoms with Gasteiger partial charge in [0.15, 0.2) is 0 Å². The second kappa shape index (κ2) is 6.56. The van der Waals surface area contributed by atoms with Gasteiger partial charge in [0, 0.05) is 11.5 Å². The monoisotopic (exact) mass is 259 g/mol. The topological polar surface area (TPSA) is 3.24 Å². The normalized spacial score (nSPS) is 19.3. The van der Waals surface area contributed by atoms with Crippen molar-refractivity contribution in [2.75, 3.05) is 13.1 Å². The first-order valence-corrected chi connectivity index (χ1v) is 7.96. The van der Waals surface area contributed by atoms with Crippen LogP contribution in [0.4, 0.5) is 0 Å². The maximum atomic E-state index is 2.75. The molecule has 0 N–H and O–H groups in total. The Morgan fingerprint density at radius 1 is 1.05 bits per heavy atom. The quantitative estimate of drug-likeness (QED) is 0.746. The highest BCUT2D eigenvalue weighted by molar-refractivity contribution is 5.26. The van der Waals surface area contributed by atoms with Gasteiger partial charge in [-0.3, -0.25) is 4.90 Å². The number of likely N-dealkylation sites (tertiary alicyclic amines) is 1. The molecule has 1 aliphatic rings. The lowest BCUT2D eigenvalue weighted by molar-refractivity contribution is 0.101. The summed E-state index contributed by atoms with van der Waals surface area (Å²) in [4.78, 5) is 2.75. The summed E-state index contributed by atoms with van der Waals surface area (Å²) in [5.41, 5.74) is 1.73. The molecule has 1 saturated heterocycles. The molecule has 1 unspecified atom stereocenters. The van der Waals surface area contributed by atoms with Crippen LogP contribution in [0.3, 0.4) is 0 Å². The van der Waals surface area contributed by atoms with Crippen LogP contribution in [0.15, 0.2) is 30.3 Å². The molecule has 0 bridgehead atoms. The Morgan fingerprint density at radius 3 is 2.26 bits per heavy atom. The molecule has 0 aromatic heterocycles. The second-order valence-electron chi connectivity index (χ2n) is 6.49. The van der Waals surface area contributed by atoms with E-state index in [0.717, 1.165) is 0 Å². The van der Waals surface area contributed by atoms with E-state index in [-0.39, 0.29) is 5.41 Å². The van der Waals surface area contributed by atoms with Crippen LogP contribution in [0.1, 0.15) is 58.4 Å². The average molecular weight is 259 g/mol. The van der Waals surface area contributed by atoms with Crippen molar-refractivity contribution in [2.45, 2.75) is 64.3 Å². The molecule has 1 aromatic rings. The van der Waals surface area contributed by atoms with Crippen molar-refractivity contribution in [3.05, 3.63) is 35.9 Å². The van der Waals surface area contributed by atoms with Crippen LogP contribution in [-0.4, -0.2) is 24.0 Å². The van der Waals surface area contributed by atoms with Crippen LogP contribution < -0.4 is 0 Å². The summed E-state index contributed by atoms with van der Waals surface area (Å²) < 4.78 is 0. The van der Waals surface area contributed by atoms with Gasteiger partial charge in [0.05, 0.1) is 0 Å². The van der Waals surface area contributed by atoms with E-state index < -0.39 is 0 Å².